The number of anilines is 1. The largest absolute Gasteiger partial charge is 0.453 e. The number of morpholine rings is 1. The lowest BCUT2D eigenvalue weighted by Crippen LogP contribution is -2.48. The van der Waals surface area contributed by atoms with Crippen LogP contribution in [0.1, 0.15) is 37.9 Å². The quantitative estimate of drug-likeness (QED) is 0.572. The van der Waals surface area contributed by atoms with Gasteiger partial charge in [-0.3, -0.25) is 0 Å². The summed E-state index contributed by atoms with van der Waals surface area (Å²) < 4.78 is 11.2. The lowest BCUT2D eigenvalue weighted by molar-refractivity contribution is 0.0543. The summed E-state index contributed by atoms with van der Waals surface area (Å²) in [6, 6.07) is 0.640. The number of nitrogens with zero attached hydrogens (tertiary/aromatic N) is 4. The summed E-state index contributed by atoms with van der Waals surface area (Å²) in [5.41, 5.74) is 1.41. The van der Waals surface area contributed by atoms with Gasteiger partial charge in [-0.25, -0.2) is 14.8 Å². The summed E-state index contributed by atoms with van der Waals surface area (Å²) >= 11 is 6.22. The molecule has 2 saturated heterocycles. The second-order valence-corrected chi connectivity index (χ2v) is 8.56. The molecule has 2 bridgehead atoms. The second-order valence-electron chi connectivity index (χ2n) is 8.22. The van der Waals surface area contributed by atoms with E-state index < -0.39 is 5.50 Å². The van der Waals surface area contributed by atoms with Gasteiger partial charge in [0.1, 0.15) is 5.82 Å². The molecule has 1 aromatic heterocycles. The molecule has 0 aromatic carbocycles. The maximum Gasteiger partial charge on any atom is 0.409 e. The molecule has 0 aliphatic carbocycles. The third-order valence-corrected chi connectivity index (χ3v) is 5.32. The molecule has 0 radical (unpaired) electrons. The number of rotatable bonds is 2. The minimum atomic E-state index is -0.514. The van der Waals surface area contributed by atoms with Gasteiger partial charge in [-0.15, -0.1) is 0 Å². The fourth-order valence-corrected chi connectivity index (χ4v) is 4.22. The number of carbonyl (C=O) groups is 1. The van der Waals surface area contributed by atoms with Crippen molar-refractivity contribution >= 4 is 31.4 Å². The van der Waals surface area contributed by atoms with Crippen LogP contribution in [0.2, 0.25) is 5.28 Å². The Labute approximate surface area is 159 Å². The molecule has 0 saturated carbocycles. The third kappa shape index (κ3) is 3.36. The van der Waals surface area contributed by atoms with Crippen LogP contribution in [0.25, 0.3) is 0 Å². The van der Waals surface area contributed by atoms with Crippen molar-refractivity contribution in [3.8, 4) is 0 Å². The van der Waals surface area contributed by atoms with Crippen LogP contribution in [0, 0.1) is 0 Å². The predicted molar refractivity (Wildman–Crippen MR) is 100 cm³/mol. The molecule has 4 rings (SSSR count). The van der Waals surface area contributed by atoms with E-state index in [-0.39, 0.29) is 11.4 Å². The normalized spacial score (nSPS) is 25.2. The molecule has 2 unspecified atom stereocenters. The van der Waals surface area contributed by atoms with Gasteiger partial charge >= 0.3 is 6.09 Å². The van der Waals surface area contributed by atoms with Crippen LogP contribution in [0.4, 0.5) is 10.6 Å². The standard InChI is InChI=1S/C17H24BClN4O3/c1-17(2,18)26-16(24)22-6-5-13-12(7-22)14(21-15(19)20-13)23-10-3-4-11(23)9-25-8-10/h10-11H,3-9,18H2,1-2H3. The van der Waals surface area contributed by atoms with E-state index in [1.807, 2.05) is 21.7 Å². The van der Waals surface area contributed by atoms with Crippen LogP contribution in [0.3, 0.4) is 0 Å². The van der Waals surface area contributed by atoms with Crippen molar-refractivity contribution in [3.63, 3.8) is 0 Å². The number of carbonyl (C=O) groups excluding carboxylic acids is 1. The number of aromatic nitrogens is 2. The Hall–Kier alpha value is -1.54. The lowest BCUT2D eigenvalue weighted by Gasteiger charge is -2.39. The lowest BCUT2D eigenvalue weighted by atomic mass is 9.86. The van der Waals surface area contributed by atoms with Gasteiger partial charge in [0, 0.05) is 18.5 Å². The summed E-state index contributed by atoms with van der Waals surface area (Å²) in [4.78, 5) is 25.6. The van der Waals surface area contributed by atoms with E-state index in [0.717, 1.165) is 29.9 Å². The zero-order chi connectivity index (χ0) is 18.5. The molecule has 26 heavy (non-hydrogen) atoms. The number of ether oxygens (including phenoxy) is 2. The minimum absolute atomic E-state index is 0.273. The molecular formula is C17H24BClN4O3. The van der Waals surface area contributed by atoms with E-state index in [2.05, 4.69) is 14.9 Å². The van der Waals surface area contributed by atoms with Crippen LogP contribution < -0.4 is 4.90 Å². The highest BCUT2D eigenvalue weighted by Gasteiger charge is 2.41. The first-order valence-corrected chi connectivity index (χ1v) is 9.59. The number of hydrogen-bond donors (Lipinski definition) is 0. The van der Waals surface area contributed by atoms with E-state index in [9.17, 15) is 4.79 Å². The Morgan fingerprint density at radius 3 is 2.65 bits per heavy atom. The molecular weight excluding hydrogens is 354 g/mol. The molecule has 7 nitrogen and oxygen atoms in total. The molecule has 0 N–H and O–H groups in total. The molecule has 140 valence electrons. The van der Waals surface area contributed by atoms with E-state index in [4.69, 9.17) is 21.1 Å². The zero-order valence-corrected chi connectivity index (χ0v) is 16.3. The number of amides is 1. The second kappa shape index (κ2) is 6.57. The van der Waals surface area contributed by atoms with Gasteiger partial charge in [0.2, 0.25) is 5.28 Å². The van der Waals surface area contributed by atoms with Gasteiger partial charge < -0.3 is 19.3 Å². The summed E-state index contributed by atoms with van der Waals surface area (Å²) in [5.74, 6) is 0.865. The molecule has 2 fully saturated rings. The van der Waals surface area contributed by atoms with Crippen molar-refractivity contribution in [1.82, 2.24) is 14.9 Å². The van der Waals surface area contributed by atoms with E-state index in [0.29, 0.717) is 44.8 Å². The van der Waals surface area contributed by atoms with E-state index in [1.54, 1.807) is 4.90 Å². The van der Waals surface area contributed by atoms with Crippen molar-refractivity contribution in [2.24, 2.45) is 0 Å². The van der Waals surface area contributed by atoms with E-state index >= 15 is 0 Å². The predicted octanol–water partition coefficient (Wildman–Crippen LogP) is 1.36. The fourth-order valence-electron chi connectivity index (χ4n) is 4.04. The first-order valence-electron chi connectivity index (χ1n) is 9.21. The Balaban J connectivity index is 1.64. The molecule has 1 aromatic rings. The molecule has 0 spiro atoms. The smallest absolute Gasteiger partial charge is 0.409 e. The Bertz CT molecular complexity index is 711. The molecule has 2 atom stereocenters. The van der Waals surface area contributed by atoms with Crippen LogP contribution in [-0.4, -0.2) is 66.1 Å². The Kier molecular flexibility index (Phi) is 4.51. The Morgan fingerprint density at radius 2 is 2.00 bits per heavy atom. The summed E-state index contributed by atoms with van der Waals surface area (Å²) in [7, 11) is 1.88. The highest BCUT2D eigenvalue weighted by molar-refractivity contribution is 6.28. The van der Waals surface area contributed by atoms with Gasteiger partial charge in [0.05, 0.1) is 43.0 Å². The monoisotopic (exact) mass is 378 g/mol. The van der Waals surface area contributed by atoms with Crippen molar-refractivity contribution in [2.75, 3.05) is 24.7 Å². The van der Waals surface area contributed by atoms with Gasteiger partial charge in [-0.2, -0.15) is 0 Å². The average molecular weight is 379 g/mol. The molecule has 9 heteroatoms. The maximum atomic E-state index is 12.5. The summed E-state index contributed by atoms with van der Waals surface area (Å²) in [5, 5.41) is 0.273. The number of fused-ring (bicyclic) bond motifs is 3. The SMILES string of the molecule is BC(C)(C)OC(=O)N1CCc2nc(Cl)nc(N3C4CCC3COC4)c2C1. The third-order valence-electron chi connectivity index (χ3n) is 5.15. The first kappa shape index (κ1) is 17.9. The van der Waals surface area contributed by atoms with Gasteiger partial charge in [0.15, 0.2) is 7.85 Å². The highest BCUT2D eigenvalue weighted by atomic mass is 35.5. The van der Waals surface area contributed by atoms with Crippen molar-refractivity contribution < 1.29 is 14.3 Å². The van der Waals surface area contributed by atoms with Gasteiger partial charge in [0.25, 0.3) is 0 Å². The van der Waals surface area contributed by atoms with Gasteiger partial charge in [-0.1, -0.05) is 0 Å². The maximum absolute atomic E-state index is 12.5. The van der Waals surface area contributed by atoms with Crippen LogP contribution >= 0.6 is 11.6 Å². The molecule has 1 amide bonds. The van der Waals surface area contributed by atoms with Crippen molar-refractivity contribution in [1.29, 1.82) is 0 Å². The van der Waals surface area contributed by atoms with E-state index in [1.165, 1.54) is 0 Å². The van der Waals surface area contributed by atoms with Gasteiger partial charge in [-0.05, 0) is 38.3 Å². The number of hydrogen-bond acceptors (Lipinski definition) is 6. The Morgan fingerprint density at radius 1 is 1.31 bits per heavy atom. The molecule has 4 heterocycles. The van der Waals surface area contributed by atoms with Crippen molar-refractivity contribution in [3.05, 3.63) is 16.5 Å². The summed E-state index contributed by atoms with van der Waals surface area (Å²) in [6.45, 7) is 6.20. The van der Waals surface area contributed by atoms with Crippen LogP contribution in [-0.2, 0) is 22.4 Å². The van der Waals surface area contributed by atoms with Crippen LogP contribution in [0.5, 0.6) is 0 Å². The molecule has 3 aliphatic heterocycles. The summed E-state index contributed by atoms with van der Waals surface area (Å²) in [6.07, 6.45) is 2.55. The number of halogens is 1. The highest BCUT2D eigenvalue weighted by Crippen LogP contribution is 2.37. The molecule has 3 aliphatic rings. The minimum Gasteiger partial charge on any atom is -0.453 e. The topological polar surface area (TPSA) is 67.8 Å². The zero-order valence-electron chi connectivity index (χ0n) is 15.5. The average Bonchev–Trinajstić information content (AvgIpc) is 2.80. The first-order chi connectivity index (χ1) is 12.3. The fraction of sp³-hybridized carbons (Fsp3) is 0.706. The van der Waals surface area contributed by atoms with Crippen LogP contribution in [0.15, 0.2) is 0 Å². The van der Waals surface area contributed by atoms with Crippen molar-refractivity contribution in [2.45, 2.75) is 57.2 Å².